The van der Waals surface area contributed by atoms with Crippen LogP contribution in [0.25, 0.3) is 0 Å². The smallest absolute Gasteiger partial charge is 0.408 e. The van der Waals surface area contributed by atoms with Crippen LogP contribution in [0, 0.1) is 11.8 Å². The van der Waals surface area contributed by atoms with Gasteiger partial charge in [0.15, 0.2) is 5.78 Å². The van der Waals surface area contributed by atoms with Crippen LogP contribution in [0.2, 0.25) is 0 Å². The van der Waals surface area contributed by atoms with Crippen molar-refractivity contribution in [3.8, 4) is 0 Å². The number of ether oxygens (including phenoxy) is 6. The largest absolute Gasteiger partial charge is 0.460 e. The third kappa shape index (κ3) is 33.3. The average Bonchev–Trinajstić information content (AvgIpc) is 3.18. The molecule has 0 radical (unpaired) electrons. The van der Waals surface area contributed by atoms with Gasteiger partial charge in [0, 0.05) is 37.2 Å². The van der Waals surface area contributed by atoms with Crippen LogP contribution in [0.15, 0.2) is 0 Å². The van der Waals surface area contributed by atoms with Gasteiger partial charge in [-0.2, -0.15) is 0 Å². The molecular formula is C50H86N4O18S2. The average molecular weight is 1100 g/mol. The Labute approximate surface area is 444 Å². The number of hydrogen-bond acceptors (Lipinski definition) is 20. The quantitative estimate of drug-likeness (QED) is 0.0267. The topological polar surface area (TPSA) is 315 Å². The van der Waals surface area contributed by atoms with Crippen LogP contribution >= 0.6 is 21.6 Å². The Morgan fingerprint density at radius 3 is 1.18 bits per heavy atom. The molecule has 0 bridgehead atoms. The van der Waals surface area contributed by atoms with E-state index in [4.69, 9.17) is 28.4 Å². The summed E-state index contributed by atoms with van der Waals surface area (Å²) in [5.74, 6) is -8.95. The Morgan fingerprint density at radius 1 is 0.405 bits per heavy atom. The van der Waals surface area contributed by atoms with E-state index in [1.165, 1.54) is 0 Å². The third-order valence-corrected chi connectivity index (χ3v) is 11.4. The number of alkyl carbamates (subject to hydrolysis) is 2. The Kier molecular flexibility index (Phi) is 28.3. The first kappa shape index (κ1) is 69.3. The van der Waals surface area contributed by atoms with Gasteiger partial charge in [0.05, 0.1) is 25.0 Å². The van der Waals surface area contributed by atoms with Gasteiger partial charge in [-0.05, 0) is 137 Å². The number of rotatable bonds is 27. The lowest BCUT2D eigenvalue weighted by atomic mass is 9.98. The van der Waals surface area contributed by atoms with E-state index in [2.05, 4.69) is 21.3 Å². The molecule has 0 aliphatic rings. The van der Waals surface area contributed by atoms with Gasteiger partial charge < -0.3 is 59.9 Å². The Balaban J connectivity index is 6.13. The van der Waals surface area contributed by atoms with Crippen molar-refractivity contribution in [2.45, 2.75) is 221 Å². The highest BCUT2D eigenvalue weighted by Gasteiger charge is 2.36. The summed E-state index contributed by atoms with van der Waals surface area (Å²) in [6.07, 6.45) is -4.06. The number of ketones is 2. The lowest BCUT2D eigenvalue weighted by molar-refractivity contribution is -0.160. The molecule has 22 nitrogen and oxygen atoms in total. The number of aliphatic hydroxyl groups excluding tert-OH is 2. The molecule has 0 aliphatic heterocycles. The molecule has 24 heteroatoms. The molecule has 0 spiro atoms. The van der Waals surface area contributed by atoms with Crippen LogP contribution in [0.1, 0.15) is 163 Å². The molecule has 426 valence electrons. The molecule has 6 atom stereocenters. The highest BCUT2D eigenvalue weighted by Crippen LogP contribution is 2.29. The molecule has 6 N–H and O–H groups in total. The van der Waals surface area contributed by atoms with Crippen molar-refractivity contribution >= 4 is 81.0 Å². The van der Waals surface area contributed by atoms with Gasteiger partial charge in [0.1, 0.15) is 63.6 Å². The number of hydrogen-bond donors (Lipinski definition) is 6. The first-order valence-corrected chi connectivity index (χ1v) is 26.9. The molecule has 0 aromatic heterocycles. The monoisotopic (exact) mass is 1090 g/mol. The molecule has 0 aromatic carbocycles. The van der Waals surface area contributed by atoms with Crippen molar-refractivity contribution in [3.05, 3.63) is 0 Å². The predicted molar refractivity (Wildman–Crippen MR) is 277 cm³/mol. The predicted octanol–water partition coefficient (Wildman–Crippen LogP) is 5.19. The maximum Gasteiger partial charge on any atom is 0.408 e. The second-order valence-electron chi connectivity index (χ2n) is 23.5. The second kappa shape index (κ2) is 30.2. The fourth-order valence-electron chi connectivity index (χ4n) is 5.89. The summed E-state index contributed by atoms with van der Waals surface area (Å²) in [7, 11) is 2.06. The van der Waals surface area contributed by atoms with E-state index in [0.717, 1.165) is 21.6 Å². The van der Waals surface area contributed by atoms with Crippen LogP contribution in [0.3, 0.4) is 0 Å². The third-order valence-electron chi connectivity index (χ3n) is 8.89. The molecule has 0 saturated heterocycles. The molecular weight excluding hydrogens is 1010 g/mol. The fraction of sp³-hybridized carbons (Fsp3) is 0.800. The van der Waals surface area contributed by atoms with Gasteiger partial charge in [0.25, 0.3) is 0 Å². The number of aliphatic hydroxyl groups is 2. The molecule has 0 saturated carbocycles. The molecule has 0 aromatic rings. The van der Waals surface area contributed by atoms with E-state index in [-0.39, 0.29) is 30.8 Å². The first-order chi connectivity index (χ1) is 33.4. The molecule has 0 rings (SSSR count). The van der Waals surface area contributed by atoms with Crippen LogP contribution in [0.5, 0.6) is 0 Å². The van der Waals surface area contributed by atoms with E-state index in [1.807, 2.05) is 0 Å². The summed E-state index contributed by atoms with van der Waals surface area (Å²) >= 11 is 0. The van der Waals surface area contributed by atoms with Crippen molar-refractivity contribution in [2.24, 2.45) is 11.8 Å². The number of carbonyl (C=O) groups excluding carboxylic acids is 10. The van der Waals surface area contributed by atoms with Crippen molar-refractivity contribution in [1.82, 2.24) is 21.3 Å². The Hall–Kier alpha value is -4.68. The van der Waals surface area contributed by atoms with E-state index in [0.29, 0.717) is 0 Å². The normalized spacial score (nSPS) is 14.8. The van der Waals surface area contributed by atoms with Gasteiger partial charge in [-0.25, -0.2) is 24.0 Å². The maximum absolute atomic E-state index is 13.6. The maximum atomic E-state index is 13.6. The zero-order valence-corrected chi connectivity index (χ0v) is 48.4. The van der Waals surface area contributed by atoms with Crippen molar-refractivity contribution in [2.75, 3.05) is 24.7 Å². The number of nitrogens with one attached hydrogen (secondary N) is 4. The highest BCUT2D eigenvalue weighted by atomic mass is 33.1. The number of esters is 4. The zero-order valence-electron chi connectivity index (χ0n) is 46.8. The van der Waals surface area contributed by atoms with Gasteiger partial charge in [-0.3, -0.25) is 24.0 Å². The van der Waals surface area contributed by atoms with E-state index in [9.17, 15) is 58.2 Å². The molecule has 0 unspecified atom stereocenters. The Morgan fingerprint density at radius 2 is 0.784 bits per heavy atom. The zero-order chi connectivity index (χ0) is 57.8. The van der Waals surface area contributed by atoms with Crippen molar-refractivity contribution < 1.29 is 86.6 Å². The summed E-state index contributed by atoms with van der Waals surface area (Å²) in [6.45, 7) is 27.6. The minimum absolute atomic E-state index is 0.0961. The molecule has 0 fully saturated rings. The van der Waals surface area contributed by atoms with Crippen LogP contribution in [0.4, 0.5) is 9.59 Å². The van der Waals surface area contributed by atoms with Crippen LogP contribution in [-0.2, 0) is 66.8 Å². The first-order valence-electron chi connectivity index (χ1n) is 24.4. The van der Waals surface area contributed by atoms with Gasteiger partial charge in [-0.15, -0.1) is 0 Å². The molecule has 0 aliphatic carbocycles. The van der Waals surface area contributed by atoms with Gasteiger partial charge in [0.2, 0.25) is 11.8 Å². The summed E-state index contributed by atoms with van der Waals surface area (Å²) in [6, 6.07) is -5.43. The molecule has 0 heterocycles. The lowest BCUT2D eigenvalue weighted by Crippen LogP contribution is -2.48. The summed E-state index contributed by atoms with van der Waals surface area (Å²) in [5, 5.41) is 30.2. The van der Waals surface area contributed by atoms with Crippen molar-refractivity contribution in [3.63, 3.8) is 0 Å². The fourth-order valence-corrected chi connectivity index (χ4v) is 8.34. The van der Waals surface area contributed by atoms with Crippen LogP contribution in [-0.4, -0.2) is 152 Å². The number of amides is 4. The summed E-state index contributed by atoms with van der Waals surface area (Å²) in [5.41, 5.74) is -5.62. The number of Topliss-reactive ketones (excluding diaryl/α,β-unsaturated/α-hetero) is 2. The van der Waals surface area contributed by atoms with Gasteiger partial charge in [-0.1, -0.05) is 21.6 Å². The Bertz CT molecular complexity index is 1790. The van der Waals surface area contributed by atoms with E-state index >= 15 is 0 Å². The van der Waals surface area contributed by atoms with Crippen molar-refractivity contribution in [1.29, 1.82) is 0 Å². The van der Waals surface area contributed by atoms with Crippen LogP contribution < -0.4 is 21.3 Å². The second-order valence-corrected chi connectivity index (χ2v) is 26.1. The van der Waals surface area contributed by atoms with E-state index in [1.54, 1.807) is 125 Å². The standard InChI is InChI=1S/C50H86N4O18S2/c1-45(2,3)67-39(61)30(24-36(58)34(26-56)51-37(59)22-21-33(41(63)69-47(7,8)9)54-44(66)72-50(16,17)18)27-73-74-28-35(42(64)70-48(10,11)12)52-38(60)29(25-55)23-31(57)19-20-32(40(62)68-46(4,5)6)53-43(65)71-49(13,14)15/h29-30,32-35,55-56H,19-28H2,1-18H3,(H,51,59)(H,52,60)(H,53,65)(H,54,66)/t29-,30-,32-,33-,34-,35-/m0/s1. The summed E-state index contributed by atoms with van der Waals surface area (Å²) < 4.78 is 32.5. The molecule has 74 heavy (non-hydrogen) atoms. The minimum Gasteiger partial charge on any atom is -0.460 e. The SMILES string of the molecule is CC(C)(C)OC(=O)N[C@@H](CCC(=O)C[C@@H](CO)C(=O)N[C@@H](CSSC[C@H](CC(=O)[C@H](CO)NC(=O)CC[C@H](NC(=O)OC(C)(C)C)C(=O)OC(C)(C)C)C(=O)OC(C)(C)C)C(=O)OC(C)(C)C)C(=O)OC(C)(C)C. The lowest BCUT2D eigenvalue weighted by Gasteiger charge is -2.27. The summed E-state index contributed by atoms with van der Waals surface area (Å²) in [4.78, 5) is 132. The molecule has 4 amide bonds. The highest BCUT2D eigenvalue weighted by molar-refractivity contribution is 8.76. The minimum atomic E-state index is -1.48. The van der Waals surface area contributed by atoms with E-state index < -0.39 is 162 Å². The number of carbonyl (C=O) groups is 10. The van der Waals surface area contributed by atoms with Gasteiger partial charge >= 0.3 is 36.1 Å².